The van der Waals surface area contributed by atoms with Crippen LogP contribution in [0.5, 0.6) is 0 Å². The Labute approximate surface area is 46.1 Å². The van der Waals surface area contributed by atoms with Crippen LogP contribution in [0.3, 0.4) is 0 Å². The van der Waals surface area contributed by atoms with Crippen molar-refractivity contribution in [1.29, 1.82) is 0 Å². The van der Waals surface area contributed by atoms with Gasteiger partial charge in [0, 0.05) is 0 Å². The maximum absolute atomic E-state index is 6.42. The van der Waals surface area contributed by atoms with E-state index in [0.717, 1.165) is 0 Å². The van der Waals surface area contributed by atoms with Gasteiger partial charge in [0.05, 0.1) is 0 Å². The number of hydrogen-bond acceptors (Lipinski definition) is 3. The molecule has 0 bridgehead atoms. The average Bonchev–Trinajstić information content (AvgIpc) is 1.90. The Morgan fingerprint density at radius 3 is 2.38 bits per heavy atom. The van der Waals surface area contributed by atoms with Crippen molar-refractivity contribution in [2.75, 3.05) is 0 Å². The molecule has 1 aromatic heterocycles. The van der Waals surface area contributed by atoms with E-state index in [1.165, 1.54) is 12.7 Å². The number of rotatable bonds is 0. The Hall–Kier alpha value is -1.50. The summed E-state index contributed by atoms with van der Waals surface area (Å²) in [5.41, 5.74) is 0. The van der Waals surface area contributed by atoms with Gasteiger partial charge < -0.3 is 4.85 Å². The molecule has 0 aliphatic carbocycles. The first-order chi connectivity index (χ1) is 3.93. The third kappa shape index (κ3) is 0.763. The SMILES string of the molecule is [C-]#[N+]c1ncncn1. The molecule has 4 nitrogen and oxygen atoms in total. The van der Waals surface area contributed by atoms with E-state index >= 15 is 0 Å². The fraction of sp³-hybridized carbons (Fsp3) is 0. The van der Waals surface area contributed by atoms with Crippen molar-refractivity contribution in [3.63, 3.8) is 0 Å². The fourth-order valence-corrected chi connectivity index (χ4v) is 0.291. The van der Waals surface area contributed by atoms with E-state index in [1.807, 2.05) is 0 Å². The van der Waals surface area contributed by atoms with E-state index < -0.39 is 0 Å². The lowest BCUT2D eigenvalue weighted by molar-refractivity contribution is 1.07. The van der Waals surface area contributed by atoms with E-state index in [9.17, 15) is 0 Å². The highest BCUT2D eigenvalue weighted by molar-refractivity contribution is 5.20. The number of hydrogen-bond donors (Lipinski definition) is 0. The third-order valence-corrected chi connectivity index (χ3v) is 0.580. The molecular formula is C4H2N4. The van der Waals surface area contributed by atoms with Crippen LogP contribution < -0.4 is 0 Å². The van der Waals surface area contributed by atoms with Crippen molar-refractivity contribution in [3.8, 4) is 0 Å². The molecule has 0 aliphatic rings. The first-order valence-corrected chi connectivity index (χ1v) is 1.93. The van der Waals surface area contributed by atoms with Gasteiger partial charge in [-0.25, -0.2) is 0 Å². The highest BCUT2D eigenvalue weighted by Crippen LogP contribution is 1.94. The second-order valence-electron chi connectivity index (χ2n) is 1.05. The Balaban J connectivity index is 3.05. The van der Waals surface area contributed by atoms with Gasteiger partial charge in [0.25, 0.3) is 0 Å². The molecule has 0 radical (unpaired) electrons. The quantitative estimate of drug-likeness (QED) is 0.450. The number of aromatic nitrogens is 3. The molecule has 0 N–H and O–H groups in total. The van der Waals surface area contributed by atoms with E-state index in [4.69, 9.17) is 6.57 Å². The lowest BCUT2D eigenvalue weighted by atomic mass is 11.0. The Morgan fingerprint density at radius 2 is 2.00 bits per heavy atom. The largest absolute Gasteiger partial charge is 0.394 e. The zero-order valence-electron chi connectivity index (χ0n) is 3.94. The standard InChI is InChI=1S/C4H2N4/c1-5-4-7-2-6-3-8-4/h2-3H. The molecule has 38 valence electrons. The van der Waals surface area contributed by atoms with Gasteiger partial charge in [-0.15, -0.1) is 16.5 Å². The minimum absolute atomic E-state index is 0.139. The van der Waals surface area contributed by atoms with E-state index in [-0.39, 0.29) is 5.95 Å². The topological polar surface area (TPSA) is 43.0 Å². The summed E-state index contributed by atoms with van der Waals surface area (Å²) >= 11 is 0. The summed E-state index contributed by atoms with van der Waals surface area (Å²) in [5, 5.41) is 0. The normalized spacial score (nSPS) is 7.88. The van der Waals surface area contributed by atoms with Crippen molar-refractivity contribution in [2.24, 2.45) is 0 Å². The van der Waals surface area contributed by atoms with Crippen LogP contribution in [0, 0.1) is 6.57 Å². The molecule has 8 heavy (non-hydrogen) atoms. The molecular weight excluding hydrogens is 104 g/mol. The first-order valence-electron chi connectivity index (χ1n) is 1.93. The molecule has 1 heterocycles. The average molecular weight is 106 g/mol. The molecule has 0 spiro atoms. The van der Waals surface area contributed by atoms with Crippen LogP contribution in [0.2, 0.25) is 0 Å². The van der Waals surface area contributed by atoms with Gasteiger partial charge in [-0.2, -0.15) is 4.98 Å². The van der Waals surface area contributed by atoms with Gasteiger partial charge in [0.2, 0.25) is 0 Å². The second kappa shape index (κ2) is 1.98. The Morgan fingerprint density at radius 1 is 1.38 bits per heavy atom. The summed E-state index contributed by atoms with van der Waals surface area (Å²) in [7, 11) is 0. The Kier molecular flexibility index (Phi) is 1.15. The van der Waals surface area contributed by atoms with Gasteiger partial charge in [-0.05, 0) is 0 Å². The van der Waals surface area contributed by atoms with Crippen LogP contribution in [0.15, 0.2) is 12.7 Å². The lowest BCUT2D eigenvalue weighted by Gasteiger charge is -1.77. The Bertz CT molecular complexity index is 199. The van der Waals surface area contributed by atoms with Crippen molar-refractivity contribution < 1.29 is 0 Å². The van der Waals surface area contributed by atoms with Crippen LogP contribution in [-0.2, 0) is 0 Å². The molecule has 0 saturated carbocycles. The molecule has 0 aliphatic heterocycles. The van der Waals surface area contributed by atoms with E-state index in [0.29, 0.717) is 0 Å². The van der Waals surface area contributed by atoms with Gasteiger partial charge in [-0.3, -0.25) is 0 Å². The van der Waals surface area contributed by atoms with Crippen LogP contribution in [0.25, 0.3) is 4.85 Å². The first kappa shape index (κ1) is 4.65. The molecule has 0 unspecified atom stereocenters. The van der Waals surface area contributed by atoms with Crippen molar-refractivity contribution in [1.82, 2.24) is 15.0 Å². The maximum atomic E-state index is 6.42. The lowest BCUT2D eigenvalue weighted by Crippen LogP contribution is -1.77. The van der Waals surface area contributed by atoms with Crippen molar-refractivity contribution >= 4 is 5.95 Å². The summed E-state index contributed by atoms with van der Waals surface area (Å²) in [5.74, 6) is 0.139. The van der Waals surface area contributed by atoms with Crippen LogP contribution in [-0.4, -0.2) is 15.0 Å². The molecule has 0 atom stereocenters. The zero-order valence-corrected chi connectivity index (χ0v) is 3.94. The number of nitrogens with zero attached hydrogens (tertiary/aromatic N) is 4. The predicted octanol–water partition coefficient (Wildman–Crippen LogP) is 0.422. The third-order valence-electron chi connectivity index (χ3n) is 0.580. The molecule has 0 aromatic carbocycles. The molecule has 0 fully saturated rings. The minimum Gasteiger partial charge on any atom is -0.394 e. The summed E-state index contributed by atoms with van der Waals surface area (Å²) < 4.78 is 0. The summed E-state index contributed by atoms with van der Waals surface area (Å²) in [6.07, 6.45) is 2.58. The minimum atomic E-state index is 0.139. The fourth-order valence-electron chi connectivity index (χ4n) is 0.291. The zero-order chi connectivity index (χ0) is 5.82. The molecule has 0 saturated heterocycles. The highest BCUT2D eigenvalue weighted by atomic mass is 15.1. The summed E-state index contributed by atoms with van der Waals surface area (Å²) in [6.45, 7) is 6.42. The van der Waals surface area contributed by atoms with Crippen LogP contribution in [0.1, 0.15) is 0 Å². The smallest absolute Gasteiger partial charge is 0.374 e. The van der Waals surface area contributed by atoms with Gasteiger partial charge in [0.1, 0.15) is 0 Å². The van der Waals surface area contributed by atoms with E-state index in [1.54, 1.807) is 0 Å². The molecule has 1 rings (SSSR count). The van der Waals surface area contributed by atoms with Crippen LogP contribution in [0.4, 0.5) is 5.95 Å². The maximum Gasteiger partial charge on any atom is 0.374 e. The van der Waals surface area contributed by atoms with Gasteiger partial charge in [-0.1, -0.05) is 0 Å². The van der Waals surface area contributed by atoms with Crippen molar-refractivity contribution in [3.05, 3.63) is 24.1 Å². The molecule has 4 heteroatoms. The highest BCUT2D eigenvalue weighted by Gasteiger charge is 1.86. The summed E-state index contributed by atoms with van der Waals surface area (Å²) in [4.78, 5) is 13.5. The molecule has 0 amide bonds. The predicted molar refractivity (Wildman–Crippen MR) is 26.1 cm³/mol. The van der Waals surface area contributed by atoms with Crippen molar-refractivity contribution in [2.45, 2.75) is 0 Å². The van der Waals surface area contributed by atoms with Crippen LogP contribution >= 0.6 is 0 Å². The summed E-state index contributed by atoms with van der Waals surface area (Å²) in [6, 6.07) is 0. The van der Waals surface area contributed by atoms with Gasteiger partial charge in [0.15, 0.2) is 12.7 Å². The second-order valence-corrected chi connectivity index (χ2v) is 1.05. The van der Waals surface area contributed by atoms with E-state index in [2.05, 4.69) is 19.8 Å². The monoisotopic (exact) mass is 106 g/mol. The van der Waals surface area contributed by atoms with Gasteiger partial charge >= 0.3 is 5.95 Å². The molecule has 1 aromatic rings.